The molecule has 0 amide bonds. The fourth-order valence-electron chi connectivity index (χ4n) is 4.23. The molecule has 0 bridgehead atoms. The second kappa shape index (κ2) is 7.66. The summed E-state index contributed by atoms with van der Waals surface area (Å²) in [5.74, 6) is 1.00. The van der Waals surface area contributed by atoms with Crippen LogP contribution in [0.4, 0.5) is 19.0 Å². The minimum absolute atomic E-state index is 0.0907. The van der Waals surface area contributed by atoms with Crippen LogP contribution in [0.5, 0.6) is 0 Å². The van der Waals surface area contributed by atoms with Gasteiger partial charge in [-0.3, -0.25) is 9.39 Å². The maximum atomic E-state index is 13.2. The molecule has 3 aromatic heterocycles. The molecule has 0 radical (unpaired) electrons. The van der Waals surface area contributed by atoms with Crippen molar-refractivity contribution in [3.8, 4) is 11.5 Å². The molecule has 8 nitrogen and oxygen atoms in total. The van der Waals surface area contributed by atoms with Crippen LogP contribution < -0.4 is 10.2 Å². The smallest absolute Gasteiger partial charge is 0.350 e. The number of hydrogen-bond donors (Lipinski definition) is 1. The number of nitrogens with one attached hydrogen (secondary N) is 1. The predicted molar refractivity (Wildman–Crippen MR) is 114 cm³/mol. The van der Waals surface area contributed by atoms with Crippen molar-refractivity contribution in [1.82, 2.24) is 29.7 Å². The summed E-state index contributed by atoms with van der Waals surface area (Å²) in [5.41, 5.74) is 0.808. The zero-order valence-corrected chi connectivity index (χ0v) is 17.5. The number of aliphatic imine (C=N–C) groups is 1. The van der Waals surface area contributed by atoms with Gasteiger partial charge in [0.05, 0.1) is 25.0 Å². The van der Waals surface area contributed by atoms with E-state index in [2.05, 4.69) is 50.1 Å². The Morgan fingerprint density at radius 3 is 2.72 bits per heavy atom. The molecule has 0 saturated carbocycles. The lowest BCUT2D eigenvalue weighted by molar-refractivity contribution is -0.141. The van der Waals surface area contributed by atoms with Crippen molar-refractivity contribution < 1.29 is 13.2 Å². The van der Waals surface area contributed by atoms with Gasteiger partial charge in [0, 0.05) is 37.2 Å². The molecule has 3 atom stereocenters. The van der Waals surface area contributed by atoms with Crippen molar-refractivity contribution in [2.75, 3.05) is 18.0 Å². The third-order valence-corrected chi connectivity index (χ3v) is 5.79. The van der Waals surface area contributed by atoms with E-state index in [0.29, 0.717) is 29.5 Å². The highest BCUT2D eigenvalue weighted by Gasteiger charge is 2.35. The summed E-state index contributed by atoms with van der Waals surface area (Å²) in [5, 5.41) is 3.62. The highest BCUT2D eigenvalue weighted by atomic mass is 19.4. The maximum absolute atomic E-state index is 13.2. The average molecular weight is 442 g/mol. The Hall–Kier alpha value is -3.34. The molecule has 5 rings (SSSR count). The van der Waals surface area contributed by atoms with Gasteiger partial charge in [-0.2, -0.15) is 13.2 Å². The number of hydrogen-bond acceptors (Lipinski definition) is 7. The molecule has 3 unspecified atom stereocenters. The Morgan fingerprint density at radius 2 is 1.97 bits per heavy atom. The summed E-state index contributed by atoms with van der Waals surface area (Å²) in [7, 11) is 0. The Kier molecular flexibility index (Phi) is 4.92. The van der Waals surface area contributed by atoms with E-state index >= 15 is 0 Å². The zero-order chi connectivity index (χ0) is 22.5. The quantitative estimate of drug-likeness (QED) is 0.672. The van der Waals surface area contributed by atoms with Crippen molar-refractivity contribution in [2.45, 2.75) is 38.1 Å². The van der Waals surface area contributed by atoms with Gasteiger partial charge in [-0.05, 0) is 25.5 Å². The molecular formula is C21H21F3N8. The van der Waals surface area contributed by atoms with Crippen LogP contribution in [0.3, 0.4) is 0 Å². The lowest BCUT2D eigenvalue weighted by Gasteiger charge is -2.44. The minimum Gasteiger partial charge on any atom is -0.350 e. The fraction of sp³-hybridized carbons (Fsp3) is 0.381. The van der Waals surface area contributed by atoms with Crippen LogP contribution in [-0.2, 0) is 6.18 Å². The number of rotatable bonds is 3. The largest absolute Gasteiger partial charge is 0.434 e. The number of aromatic nitrogens is 5. The summed E-state index contributed by atoms with van der Waals surface area (Å²) < 4.78 is 40.8. The van der Waals surface area contributed by atoms with E-state index in [-0.39, 0.29) is 18.1 Å². The molecular weight excluding hydrogens is 421 g/mol. The first kappa shape index (κ1) is 20.6. The molecule has 2 aliphatic heterocycles. The van der Waals surface area contributed by atoms with Crippen molar-refractivity contribution >= 4 is 17.7 Å². The van der Waals surface area contributed by atoms with Crippen LogP contribution in [0.2, 0.25) is 0 Å². The standard InChI is InChI=1S/C21H21F3N8/c1-12-10-31(13(2)19(29-12)14-3-5-25-7-14)17-4-6-26-20(30-17)15-8-28-18-9-27-16(11-32(15)18)21(22,23)24/h3-4,6-9,11-13,19,29H,5,10H2,1-2H3. The molecule has 5 heterocycles. The third-order valence-electron chi connectivity index (χ3n) is 5.79. The van der Waals surface area contributed by atoms with Crippen LogP contribution in [0.25, 0.3) is 17.2 Å². The second-order valence-electron chi connectivity index (χ2n) is 8.02. The molecule has 2 aliphatic rings. The molecule has 166 valence electrons. The number of fused-ring (bicyclic) bond motifs is 1. The van der Waals surface area contributed by atoms with Gasteiger partial charge in [-0.15, -0.1) is 0 Å². The van der Waals surface area contributed by atoms with E-state index in [0.717, 1.165) is 24.5 Å². The average Bonchev–Trinajstić information content (AvgIpc) is 3.44. The number of imidazole rings is 1. The summed E-state index contributed by atoms with van der Waals surface area (Å²) >= 11 is 0. The highest BCUT2D eigenvalue weighted by molar-refractivity contribution is 5.83. The van der Waals surface area contributed by atoms with Gasteiger partial charge >= 0.3 is 6.18 Å². The van der Waals surface area contributed by atoms with Gasteiger partial charge in [-0.1, -0.05) is 6.08 Å². The SMILES string of the molecule is CC1CN(c2ccnc(-c3cnc4cnc(C(F)(F)F)cn34)n2)C(C)C(C2=CCN=C2)N1. The van der Waals surface area contributed by atoms with Crippen molar-refractivity contribution in [2.24, 2.45) is 4.99 Å². The number of anilines is 1. The first-order chi connectivity index (χ1) is 15.3. The number of alkyl halides is 3. The fourth-order valence-corrected chi connectivity index (χ4v) is 4.23. The monoisotopic (exact) mass is 442 g/mol. The molecule has 1 saturated heterocycles. The lowest BCUT2D eigenvalue weighted by Crippen LogP contribution is -2.61. The summed E-state index contributed by atoms with van der Waals surface area (Å²) in [6.45, 7) is 5.65. The minimum atomic E-state index is -4.56. The van der Waals surface area contributed by atoms with Crippen molar-refractivity contribution in [3.05, 3.63) is 48.2 Å². The van der Waals surface area contributed by atoms with Gasteiger partial charge in [0.2, 0.25) is 0 Å². The summed E-state index contributed by atoms with van der Waals surface area (Å²) in [4.78, 5) is 23.1. The van der Waals surface area contributed by atoms with Crippen LogP contribution in [0, 0.1) is 0 Å². The Balaban J connectivity index is 1.52. The maximum Gasteiger partial charge on any atom is 0.434 e. The first-order valence-electron chi connectivity index (χ1n) is 10.3. The molecule has 0 aliphatic carbocycles. The molecule has 1 fully saturated rings. The van der Waals surface area contributed by atoms with Gasteiger partial charge in [-0.25, -0.2) is 19.9 Å². The topological polar surface area (TPSA) is 83.6 Å². The lowest BCUT2D eigenvalue weighted by atomic mass is 9.95. The third kappa shape index (κ3) is 3.62. The molecule has 0 aromatic carbocycles. The van der Waals surface area contributed by atoms with E-state index in [9.17, 15) is 13.2 Å². The Labute approximate surface area is 181 Å². The van der Waals surface area contributed by atoms with Crippen LogP contribution in [0.15, 0.2) is 47.5 Å². The molecule has 3 aromatic rings. The van der Waals surface area contributed by atoms with Gasteiger partial charge in [0.25, 0.3) is 0 Å². The number of halogens is 3. The van der Waals surface area contributed by atoms with Crippen LogP contribution in [0.1, 0.15) is 19.5 Å². The van der Waals surface area contributed by atoms with Crippen LogP contribution >= 0.6 is 0 Å². The van der Waals surface area contributed by atoms with E-state index in [1.807, 2.05) is 12.3 Å². The summed E-state index contributed by atoms with van der Waals surface area (Å²) in [6.07, 6.45) is 4.55. The zero-order valence-electron chi connectivity index (χ0n) is 17.5. The number of piperazine rings is 1. The normalized spacial score (nSPS) is 23.7. The van der Waals surface area contributed by atoms with Crippen molar-refractivity contribution in [3.63, 3.8) is 0 Å². The Morgan fingerprint density at radius 1 is 1.12 bits per heavy atom. The van der Waals surface area contributed by atoms with E-state index < -0.39 is 11.9 Å². The molecule has 11 heteroatoms. The first-order valence-corrected chi connectivity index (χ1v) is 10.3. The van der Waals surface area contributed by atoms with E-state index in [1.54, 1.807) is 6.20 Å². The van der Waals surface area contributed by atoms with Crippen LogP contribution in [-0.4, -0.2) is 61.8 Å². The highest BCUT2D eigenvalue weighted by Crippen LogP contribution is 2.29. The van der Waals surface area contributed by atoms with Gasteiger partial charge in [0.1, 0.15) is 11.5 Å². The molecule has 32 heavy (non-hydrogen) atoms. The predicted octanol–water partition coefficient (Wildman–Crippen LogP) is 2.77. The molecule has 1 N–H and O–H groups in total. The van der Waals surface area contributed by atoms with E-state index in [1.165, 1.54) is 10.6 Å². The van der Waals surface area contributed by atoms with Crippen molar-refractivity contribution in [1.29, 1.82) is 0 Å². The van der Waals surface area contributed by atoms with E-state index in [4.69, 9.17) is 4.98 Å². The molecule has 0 spiro atoms. The van der Waals surface area contributed by atoms with Gasteiger partial charge in [0.15, 0.2) is 17.2 Å². The van der Waals surface area contributed by atoms with Gasteiger partial charge < -0.3 is 10.2 Å². The summed E-state index contributed by atoms with van der Waals surface area (Å²) in [6, 6.07) is 2.21. The second-order valence-corrected chi connectivity index (χ2v) is 8.02. The Bertz CT molecular complexity index is 1220. The number of nitrogens with zero attached hydrogens (tertiary/aromatic N) is 7.